The normalized spacial score (nSPS) is 11.8. The van der Waals surface area contributed by atoms with Gasteiger partial charge in [-0.1, -0.05) is 52.0 Å². The van der Waals surface area contributed by atoms with Crippen molar-refractivity contribution >= 4 is 12.2 Å². The lowest BCUT2D eigenvalue weighted by atomic mass is 10.1. The maximum atomic E-state index is 10.2. The second kappa shape index (κ2) is 10.9. The van der Waals surface area contributed by atoms with Crippen molar-refractivity contribution in [2.75, 3.05) is 26.2 Å². The lowest BCUT2D eigenvalue weighted by Crippen LogP contribution is -2.22. The van der Waals surface area contributed by atoms with E-state index < -0.39 is 0 Å². The van der Waals surface area contributed by atoms with Crippen molar-refractivity contribution in [2.45, 2.75) is 40.8 Å². The lowest BCUT2D eigenvalue weighted by molar-refractivity contribution is 0.291. The van der Waals surface area contributed by atoms with E-state index in [1.165, 1.54) is 0 Å². The Labute approximate surface area is 169 Å². The quantitative estimate of drug-likeness (QED) is 0.571. The standard InChI is InChI=1S/C24H34N2O2/c1-5-25(6-2)17-21-15-19(11-13-23(21)27)9-10-20-12-14-24(28)22(16-20)18-26(7-3)8-4/h9-16,27-28H,5-8,17-18H2,1-4H3. The number of nitrogens with zero attached hydrogens (tertiary/aromatic N) is 2. The SMILES string of the molecule is CCN(CC)Cc1cc(C=Cc2ccc(O)c(CN(CC)CC)c2)ccc1O. The third kappa shape index (κ3) is 6.11. The van der Waals surface area contributed by atoms with Gasteiger partial charge in [-0.2, -0.15) is 0 Å². The molecule has 0 aromatic heterocycles. The van der Waals surface area contributed by atoms with E-state index in [4.69, 9.17) is 0 Å². The molecular weight excluding hydrogens is 348 g/mol. The van der Waals surface area contributed by atoms with Gasteiger partial charge in [0.05, 0.1) is 0 Å². The third-order valence-corrected chi connectivity index (χ3v) is 5.25. The molecule has 0 atom stereocenters. The molecule has 0 aliphatic heterocycles. The first-order valence-electron chi connectivity index (χ1n) is 10.3. The van der Waals surface area contributed by atoms with Crippen LogP contribution in [0.4, 0.5) is 0 Å². The minimum atomic E-state index is 0.343. The molecule has 0 spiro atoms. The van der Waals surface area contributed by atoms with Crippen LogP contribution in [0.15, 0.2) is 36.4 Å². The largest absolute Gasteiger partial charge is 0.508 e. The molecule has 0 radical (unpaired) electrons. The van der Waals surface area contributed by atoms with Gasteiger partial charge in [-0.3, -0.25) is 9.80 Å². The Hall–Kier alpha value is -2.30. The summed E-state index contributed by atoms with van der Waals surface area (Å²) in [6.07, 6.45) is 4.11. The first-order chi connectivity index (χ1) is 13.5. The van der Waals surface area contributed by atoms with E-state index in [0.717, 1.165) is 61.5 Å². The molecule has 4 nitrogen and oxygen atoms in total. The molecule has 0 aliphatic carbocycles. The second-order valence-electron chi connectivity index (χ2n) is 7.03. The first-order valence-corrected chi connectivity index (χ1v) is 10.3. The van der Waals surface area contributed by atoms with Gasteiger partial charge in [-0.15, -0.1) is 0 Å². The Balaban J connectivity index is 2.19. The molecule has 0 bridgehead atoms. The number of hydrogen-bond acceptors (Lipinski definition) is 4. The Morgan fingerprint density at radius 3 is 1.32 bits per heavy atom. The monoisotopic (exact) mass is 382 g/mol. The zero-order valence-corrected chi connectivity index (χ0v) is 17.7. The van der Waals surface area contributed by atoms with Gasteiger partial charge >= 0.3 is 0 Å². The number of aromatic hydroxyl groups is 2. The van der Waals surface area contributed by atoms with Crippen LogP contribution in [-0.2, 0) is 13.1 Å². The van der Waals surface area contributed by atoms with Gasteiger partial charge in [0.2, 0.25) is 0 Å². The van der Waals surface area contributed by atoms with Gasteiger partial charge < -0.3 is 10.2 Å². The lowest BCUT2D eigenvalue weighted by Gasteiger charge is -2.19. The van der Waals surface area contributed by atoms with Crippen molar-refractivity contribution in [1.29, 1.82) is 0 Å². The van der Waals surface area contributed by atoms with E-state index in [1.807, 2.05) is 24.3 Å². The molecule has 2 N–H and O–H groups in total. The highest BCUT2D eigenvalue weighted by molar-refractivity contribution is 5.71. The predicted molar refractivity (Wildman–Crippen MR) is 118 cm³/mol. The fourth-order valence-corrected chi connectivity index (χ4v) is 3.24. The summed E-state index contributed by atoms with van der Waals surface area (Å²) in [7, 11) is 0. The number of phenols is 2. The number of benzene rings is 2. The van der Waals surface area contributed by atoms with Crippen LogP contribution in [0.25, 0.3) is 12.2 Å². The van der Waals surface area contributed by atoms with Crippen LogP contribution in [0, 0.1) is 0 Å². The number of phenolic OH excluding ortho intramolecular Hbond substituents is 2. The Morgan fingerprint density at radius 2 is 1.00 bits per heavy atom. The van der Waals surface area contributed by atoms with E-state index in [0.29, 0.717) is 11.5 Å². The van der Waals surface area contributed by atoms with E-state index in [2.05, 4.69) is 49.6 Å². The molecule has 0 saturated heterocycles. The number of hydrogen-bond donors (Lipinski definition) is 2. The van der Waals surface area contributed by atoms with Crippen molar-refractivity contribution in [3.63, 3.8) is 0 Å². The molecule has 152 valence electrons. The molecule has 2 aromatic carbocycles. The molecule has 28 heavy (non-hydrogen) atoms. The fourth-order valence-electron chi connectivity index (χ4n) is 3.24. The van der Waals surface area contributed by atoms with E-state index in [9.17, 15) is 10.2 Å². The Kier molecular flexibility index (Phi) is 8.55. The van der Waals surface area contributed by atoms with Gasteiger partial charge in [0.25, 0.3) is 0 Å². The second-order valence-corrected chi connectivity index (χ2v) is 7.03. The van der Waals surface area contributed by atoms with Gasteiger partial charge in [-0.05, 0) is 61.6 Å². The molecule has 0 fully saturated rings. The van der Waals surface area contributed by atoms with Crippen molar-refractivity contribution < 1.29 is 10.2 Å². The summed E-state index contributed by atoms with van der Waals surface area (Å²) < 4.78 is 0. The molecule has 0 unspecified atom stereocenters. The molecule has 2 rings (SSSR count). The topological polar surface area (TPSA) is 46.9 Å². The summed E-state index contributed by atoms with van der Waals surface area (Å²) >= 11 is 0. The van der Waals surface area contributed by atoms with Crippen LogP contribution in [0.2, 0.25) is 0 Å². The van der Waals surface area contributed by atoms with Crippen LogP contribution in [-0.4, -0.2) is 46.2 Å². The van der Waals surface area contributed by atoms with Crippen molar-refractivity contribution in [3.8, 4) is 11.5 Å². The third-order valence-electron chi connectivity index (χ3n) is 5.25. The zero-order valence-electron chi connectivity index (χ0n) is 17.7. The first kappa shape index (κ1) is 22.0. The number of rotatable bonds is 10. The van der Waals surface area contributed by atoms with Crippen LogP contribution >= 0.6 is 0 Å². The van der Waals surface area contributed by atoms with Crippen LogP contribution in [0.3, 0.4) is 0 Å². The van der Waals surface area contributed by atoms with Crippen molar-refractivity contribution in [3.05, 3.63) is 58.7 Å². The van der Waals surface area contributed by atoms with Crippen molar-refractivity contribution in [1.82, 2.24) is 9.80 Å². The molecular formula is C24H34N2O2. The summed E-state index contributed by atoms with van der Waals surface area (Å²) in [5, 5.41) is 20.3. The molecule has 0 aliphatic rings. The Bertz CT molecular complexity index is 713. The molecule has 2 aromatic rings. The summed E-state index contributed by atoms with van der Waals surface area (Å²) in [6.45, 7) is 13.8. The minimum absolute atomic E-state index is 0.343. The van der Waals surface area contributed by atoms with Gasteiger partial charge in [-0.25, -0.2) is 0 Å². The van der Waals surface area contributed by atoms with Gasteiger partial charge in [0, 0.05) is 24.2 Å². The van der Waals surface area contributed by atoms with E-state index >= 15 is 0 Å². The fraction of sp³-hybridized carbons (Fsp3) is 0.417. The summed E-state index contributed by atoms with van der Waals surface area (Å²) in [5.41, 5.74) is 3.99. The summed E-state index contributed by atoms with van der Waals surface area (Å²) in [4.78, 5) is 4.56. The highest BCUT2D eigenvalue weighted by atomic mass is 16.3. The summed E-state index contributed by atoms with van der Waals surface area (Å²) in [6, 6.07) is 11.5. The van der Waals surface area contributed by atoms with Gasteiger partial charge in [0.15, 0.2) is 0 Å². The van der Waals surface area contributed by atoms with E-state index in [-0.39, 0.29) is 0 Å². The molecule has 0 saturated carbocycles. The maximum absolute atomic E-state index is 10.2. The average Bonchev–Trinajstić information content (AvgIpc) is 2.72. The molecule has 4 heteroatoms. The molecule has 0 heterocycles. The van der Waals surface area contributed by atoms with Crippen molar-refractivity contribution in [2.24, 2.45) is 0 Å². The minimum Gasteiger partial charge on any atom is -0.508 e. The average molecular weight is 383 g/mol. The van der Waals surface area contributed by atoms with Crippen LogP contribution < -0.4 is 0 Å². The highest BCUT2D eigenvalue weighted by Crippen LogP contribution is 2.24. The zero-order chi connectivity index (χ0) is 20.5. The Morgan fingerprint density at radius 1 is 0.643 bits per heavy atom. The maximum Gasteiger partial charge on any atom is 0.120 e. The van der Waals surface area contributed by atoms with Gasteiger partial charge in [0.1, 0.15) is 11.5 Å². The van der Waals surface area contributed by atoms with E-state index in [1.54, 1.807) is 12.1 Å². The van der Waals surface area contributed by atoms with Crippen LogP contribution in [0.5, 0.6) is 11.5 Å². The smallest absolute Gasteiger partial charge is 0.120 e. The predicted octanol–water partition coefficient (Wildman–Crippen LogP) is 4.95. The molecule has 0 amide bonds. The van der Waals surface area contributed by atoms with Crippen LogP contribution in [0.1, 0.15) is 49.9 Å². The highest BCUT2D eigenvalue weighted by Gasteiger charge is 2.08. The summed E-state index contributed by atoms with van der Waals surface area (Å²) in [5.74, 6) is 0.686.